The molecule has 0 saturated carbocycles. The Morgan fingerprint density at radius 2 is 1.69 bits per heavy atom. The van der Waals surface area contributed by atoms with E-state index in [0.717, 1.165) is 37.2 Å². The van der Waals surface area contributed by atoms with Crippen LogP contribution in [0.1, 0.15) is 38.2 Å². The van der Waals surface area contributed by atoms with Crippen molar-refractivity contribution in [2.24, 2.45) is 0 Å². The Kier molecular flexibility index (Phi) is 6.82. The van der Waals surface area contributed by atoms with Crippen LogP contribution in [0, 0.1) is 0 Å². The second-order valence-corrected chi connectivity index (χ2v) is 4.21. The van der Waals surface area contributed by atoms with Gasteiger partial charge in [0.2, 0.25) is 0 Å². The number of nitrogens with zero attached hydrogens (tertiary/aromatic N) is 1. The van der Waals surface area contributed by atoms with Crippen molar-refractivity contribution in [3.8, 4) is 0 Å². The van der Waals surface area contributed by atoms with Crippen molar-refractivity contribution in [3.05, 3.63) is 35.9 Å². The van der Waals surface area contributed by atoms with E-state index in [0.29, 0.717) is 13.1 Å². The van der Waals surface area contributed by atoms with Crippen LogP contribution < -0.4 is 0 Å². The Balaban J connectivity index is 2.03. The van der Waals surface area contributed by atoms with Gasteiger partial charge in [-0.3, -0.25) is 0 Å². The lowest BCUT2D eigenvalue weighted by atomic mass is 10.1. The zero-order chi connectivity index (χ0) is 11.6. The van der Waals surface area contributed by atoms with E-state index in [1.807, 2.05) is 6.07 Å². The number of aryl methyl sites for hydroxylation is 1. The first kappa shape index (κ1) is 13.2. The second-order valence-electron chi connectivity index (χ2n) is 4.21. The molecule has 1 aromatic rings. The summed E-state index contributed by atoms with van der Waals surface area (Å²) in [4.78, 5) is 0. The largest absolute Gasteiger partial charge is 0.146 e. The Morgan fingerprint density at radius 3 is 2.38 bits per heavy atom. The molecular weight excluding hydrogens is 201 g/mol. The van der Waals surface area contributed by atoms with Gasteiger partial charge in [-0.25, -0.2) is 0 Å². The summed E-state index contributed by atoms with van der Waals surface area (Å²) in [6.07, 6.45) is 5.08. The molecule has 0 radical (unpaired) electrons. The Hall–Kier alpha value is -0.890. The van der Waals surface area contributed by atoms with Gasteiger partial charge in [0.15, 0.2) is 0 Å². The summed E-state index contributed by atoms with van der Waals surface area (Å²) < 4.78 is 13.1. The molecule has 1 rings (SSSR count). The number of unbranched alkanes of at least 4 members (excludes halogenated alkanes) is 2. The second kappa shape index (κ2) is 8.28. The maximum absolute atomic E-state index is 13.1. The number of rotatable bonds is 8. The van der Waals surface area contributed by atoms with Crippen LogP contribution in [-0.4, -0.2) is 18.2 Å². The lowest BCUT2D eigenvalue weighted by Gasteiger charge is -2.10. The monoisotopic (exact) mass is 223 g/mol. The van der Waals surface area contributed by atoms with Crippen LogP contribution >= 0.6 is 0 Å². The first-order valence-corrected chi connectivity index (χ1v) is 6.27. The van der Waals surface area contributed by atoms with Crippen LogP contribution in [0.5, 0.6) is 0 Å². The number of benzene rings is 1. The number of hydrogen-bond acceptors (Lipinski definition) is 1. The zero-order valence-electron chi connectivity index (χ0n) is 10.2. The average molecular weight is 223 g/mol. The summed E-state index contributed by atoms with van der Waals surface area (Å²) in [5.41, 5.74) is 1.35. The van der Waals surface area contributed by atoms with E-state index in [9.17, 15) is 4.48 Å². The van der Waals surface area contributed by atoms with Gasteiger partial charge in [-0.1, -0.05) is 43.7 Å². The minimum absolute atomic E-state index is 0.576. The van der Waals surface area contributed by atoms with Gasteiger partial charge in [0.25, 0.3) is 0 Å². The highest BCUT2D eigenvalue weighted by Gasteiger charge is 2.01. The van der Waals surface area contributed by atoms with E-state index in [1.54, 1.807) is 0 Å². The molecule has 0 amide bonds. The molecule has 2 heteroatoms. The maximum Gasteiger partial charge on any atom is 0.0290 e. The molecule has 16 heavy (non-hydrogen) atoms. The van der Waals surface area contributed by atoms with Crippen molar-refractivity contribution in [2.45, 2.75) is 39.0 Å². The molecule has 0 spiro atoms. The molecule has 0 atom stereocenters. The predicted octanol–water partition coefficient (Wildman–Crippen LogP) is 4.00. The van der Waals surface area contributed by atoms with Crippen LogP contribution in [0.2, 0.25) is 0 Å². The van der Waals surface area contributed by atoms with Gasteiger partial charge in [0, 0.05) is 13.1 Å². The van der Waals surface area contributed by atoms with Crippen LogP contribution in [0.25, 0.3) is 0 Å². The Morgan fingerprint density at radius 1 is 1.00 bits per heavy atom. The van der Waals surface area contributed by atoms with Gasteiger partial charge >= 0.3 is 0 Å². The molecule has 0 bridgehead atoms. The van der Waals surface area contributed by atoms with Crippen molar-refractivity contribution in [1.82, 2.24) is 5.12 Å². The summed E-state index contributed by atoms with van der Waals surface area (Å²) in [6.45, 7) is 3.25. The van der Waals surface area contributed by atoms with Crippen molar-refractivity contribution in [2.75, 3.05) is 13.1 Å². The Bertz CT molecular complexity index is 261. The number of hydrogen-bond donors (Lipinski definition) is 0. The van der Waals surface area contributed by atoms with Crippen molar-refractivity contribution in [1.29, 1.82) is 0 Å². The summed E-state index contributed by atoms with van der Waals surface area (Å²) >= 11 is 0. The lowest BCUT2D eigenvalue weighted by molar-refractivity contribution is 0.0224. The van der Waals surface area contributed by atoms with Gasteiger partial charge in [-0.05, 0) is 31.2 Å². The molecular formula is C14H22FN. The third-order valence-electron chi connectivity index (χ3n) is 2.71. The molecule has 0 heterocycles. The van der Waals surface area contributed by atoms with E-state index in [4.69, 9.17) is 0 Å². The first-order chi connectivity index (χ1) is 7.83. The normalized spacial score (nSPS) is 10.9. The lowest BCUT2D eigenvalue weighted by Crippen LogP contribution is -2.16. The molecule has 0 aliphatic rings. The van der Waals surface area contributed by atoms with E-state index >= 15 is 0 Å². The quantitative estimate of drug-likeness (QED) is 0.475. The van der Waals surface area contributed by atoms with Gasteiger partial charge < -0.3 is 0 Å². The van der Waals surface area contributed by atoms with Crippen LogP contribution in [0.15, 0.2) is 30.3 Å². The van der Waals surface area contributed by atoms with E-state index < -0.39 is 0 Å². The van der Waals surface area contributed by atoms with Crippen LogP contribution in [0.4, 0.5) is 4.48 Å². The molecule has 90 valence electrons. The predicted molar refractivity (Wildman–Crippen MR) is 67.0 cm³/mol. The molecule has 0 unspecified atom stereocenters. The standard InChI is InChI=1S/C14H22FN/c1-2-3-12-16(15)13-8-7-11-14-9-5-4-6-10-14/h4-6,9-10H,2-3,7-8,11-13H2,1H3. The molecule has 0 aliphatic heterocycles. The van der Waals surface area contributed by atoms with E-state index in [-0.39, 0.29) is 0 Å². The van der Waals surface area contributed by atoms with Gasteiger partial charge in [0.1, 0.15) is 0 Å². The maximum atomic E-state index is 13.1. The Labute approximate surface area is 98.2 Å². The SMILES string of the molecule is CCCCN(F)CCCCc1ccccc1. The minimum atomic E-state index is 0.576. The molecule has 0 N–H and O–H groups in total. The van der Waals surface area contributed by atoms with Crippen molar-refractivity contribution in [3.63, 3.8) is 0 Å². The first-order valence-electron chi connectivity index (χ1n) is 6.27. The summed E-state index contributed by atoms with van der Waals surface area (Å²) in [5.74, 6) is 0. The fourth-order valence-electron chi connectivity index (χ4n) is 1.70. The fourth-order valence-corrected chi connectivity index (χ4v) is 1.70. The summed E-state index contributed by atoms with van der Waals surface area (Å²) in [6, 6.07) is 10.4. The fraction of sp³-hybridized carbons (Fsp3) is 0.571. The van der Waals surface area contributed by atoms with Gasteiger partial charge in [-0.15, -0.1) is 9.60 Å². The molecule has 0 fully saturated rings. The van der Waals surface area contributed by atoms with Crippen LogP contribution in [0.3, 0.4) is 0 Å². The molecule has 1 nitrogen and oxygen atoms in total. The van der Waals surface area contributed by atoms with Gasteiger partial charge in [0.05, 0.1) is 0 Å². The minimum Gasteiger partial charge on any atom is -0.146 e. The van der Waals surface area contributed by atoms with Crippen LogP contribution in [-0.2, 0) is 6.42 Å². The smallest absolute Gasteiger partial charge is 0.0290 e. The highest BCUT2D eigenvalue weighted by Crippen LogP contribution is 2.06. The van der Waals surface area contributed by atoms with E-state index in [2.05, 4.69) is 31.2 Å². The average Bonchev–Trinajstić information content (AvgIpc) is 2.33. The van der Waals surface area contributed by atoms with E-state index in [1.165, 1.54) is 5.56 Å². The third kappa shape index (κ3) is 5.86. The van der Waals surface area contributed by atoms with Crippen molar-refractivity contribution >= 4 is 0 Å². The molecule has 0 saturated heterocycles. The third-order valence-corrected chi connectivity index (χ3v) is 2.71. The highest BCUT2D eigenvalue weighted by atomic mass is 19.2. The topological polar surface area (TPSA) is 3.24 Å². The summed E-state index contributed by atoms with van der Waals surface area (Å²) in [7, 11) is 0. The number of halogens is 1. The van der Waals surface area contributed by atoms with Crippen molar-refractivity contribution < 1.29 is 4.48 Å². The molecule has 0 aliphatic carbocycles. The zero-order valence-corrected chi connectivity index (χ0v) is 10.2. The molecule has 0 aromatic heterocycles. The molecule has 1 aromatic carbocycles. The summed E-state index contributed by atoms with van der Waals surface area (Å²) in [5, 5.41) is 0.953. The van der Waals surface area contributed by atoms with Gasteiger partial charge in [-0.2, -0.15) is 0 Å². The highest BCUT2D eigenvalue weighted by molar-refractivity contribution is 5.14.